The second-order valence-electron chi connectivity index (χ2n) is 2.44. The van der Waals surface area contributed by atoms with E-state index < -0.39 is 0 Å². The quantitative estimate of drug-likeness (QED) is 0.586. The first-order valence-corrected chi connectivity index (χ1v) is 6.60. The SMILES string of the molecule is CC.CC.Cn1ccc2ccsc2c1=S. The number of fused-ring (bicyclic) bond motifs is 1. The minimum atomic E-state index is 0.928. The van der Waals surface area contributed by atoms with Crippen molar-refractivity contribution in [2.75, 3.05) is 0 Å². The van der Waals surface area contributed by atoms with Crippen LogP contribution in [-0.2, 0) is 7.05 Å². The maximum absolute atomic E-state index is 5.22. The van der Waals surface area contributed by atoms with Crippen molar-refractivity contribution in [3.05, 3.63) is 28.4 Å². The van der Waals surface area contributed by atoms with Crippen LogP contribution in [0.15, 0.2) is 23.7 Å². The lowest BCUT2D eigenvalue weighted by atomic mass is 10.3. The van der Waals surface area contributed by atoms with Crippen LogP contribution in [-0.4, -0.2) is 4.57 Å². The summed E-state index contributed by atoms with van der Waals surface area (Å²) in [6.45, 7) is 8.00. The van der Waals surface area contributed by atoms with E-state index in [1.807, 2.05) is 45.5 Å². The van der Waals surface area contributed by atoms with Crippen LogP contribution >= 0.6 is 23.6 Å². The minimum absolute atomic E-state index is 0.928. The monoisotopic (exact) mass is 241 g/mol. The Labute approximate surface area is 101 Å². The summed E-state index contributed by atoms with van der Waals surface area (Å²) in [5, 5.41) is 3.32. The Morgan fingerprint density at radius 1 is 1.13 bits per heavy atom. The molecule has 2 aromatic heterocycles. The van der Waals surface area contributed by atoms with Gasteiger partial charge in [-0.3, -0.25) is 0 Å². The van der Waals surface area contributed by atoms with E-state index in [0.29, 0.717) is 0 Å². The summed E-state index contributed by atoms with van der Waals surface area (Å²) in [6.07, 6.45) is 2.00. The topological polar surface area (TPSA) is 4.93 Å². The van der Waals surface area contributed by atoms with Gasteiger partial charge in [-0.25, -0.2) is 0 Å². The van der Waals surface area contributed by atoms with E-state index in [1.165, 1.54) is 10.1 Å². The Morgan fingerprint density at radius 2 is 1.73 bits per heavy atom. The van der Waals surface area contributed by atoms with Gasteiger partial charge in [-0.15, -0.1) is 11.3 Å². The molecule has 0 saturated carbocycles. The van der Waals surface area contributed by atoms with Crippen molar-refractivity contribution in [1.29, 1.82) is 0 Å². The fourth-order valence-electron chi connectivity index (χ4n) is 1.04. The minimum Gasteiger partial charge on any atom is -0.341 e. The summed E-state index contributed by atoms with van der Waals surface area (Å²) in [6, 6.07) is 4.18. The van der Waals surface area contributed by atoms with Crippen LogP contribution in [0, 0.1) is 4.64 Å². The first kappa shape index (κ1) is 14.3. The van der Waals surface area contributed by atoms with Gasteiger partial charge in [0, 0.05) is 13.2 Å². The predicted molar refractivity (Wildman–Crippen MR) is 74.3 cm³/mol. The Bertz CT molecular complexity index is 440. The number of pyridine rings is 1. The van der Waals surface area contributed by atoms with Gasteiger partial charge in [-0.1, -0.05) is 39.9 Å². The van der Waals surface area contributed by atoms with Gasteiger partial charge >= 0.3 is 0 Å². The van der Waals surface area contributed by atoms with Crippen molar-refractivity contribution < 1.29 is 0 Å². The van der Waals surface area contributed by atoms with Crippen LogP contribution in [0.5, 0.6) is 0 Å². The number of rotatable bonds is 0. The smallest absolute Gasteiger partial charge is 0.123 e. The third kappa shape index (κ3) is 3.43. The second kappa shape index (κ2) is 7.60. The van der Waals surface area contributed by atoms with E-state index >= 15 is 0 Å². The summed E-state index contributed by atoms with van der Waals surface area (Å²) in [5.41, 5.74) is 0. The van der Waals surface area contributed by atoms with Gasteiger partial charge in [0.25, 0.3) is 0 Å². The maximum Gasteiger partial charge on any atom is 0.123 e. The number of hydrogen-bond acceptors (Lipinski definition) is 2. The van der Waals surface area contributed by atoms with Crippen molar-refractivity contribution in [3.63, 3.8) is 0 Å². The van der Waals surface area contributed by atoms with E-state index in [9.17, 15) is 0 Å². The predicted octanol–water partition coefficient (Wildman–Crippen LogP) is 5.02. The standard InChI is InChI=1S/C8H7NS2.2C2H6/c1-9-4-2-6-3-5-11-7(6)8(9)10;2*1-2/h2-5H,1H3;2*1-2H3. The molecule has 0 aromatic carbocycles. The average molecular weight is 241 g/mol. The highest BCUT2D eigenvalue weighted by Gasteiger charge is 1.96. The number of thiophene rings is 1. The van der Waals surface area contributed by atoms with Gasteiger partial charge in [-0.2, -0.15) is 0 Å². The molecule has 0 unspecified atom stereocenters. The van der Waals surface area contributed by atoms with Gasteiger partial charge in [0.1, 0.15) is 4.64 Å². The van der Waals surface area contributed by atoms with Crippen LogP contribution in [0.1, 0.15) is 27.7 Å². The van der Waals surface area contributed by atoms with Crippen molar-refractivity contribution in [2.24, 2.45) is 7.05 Å². The number of aryl methyl sites for hydroxylation is 1. The van der Waals surface area contributed by atoms with Crippen molar-refractivity contribution in [1.82, 2.24) is 4.57 Å². The zero-order valence-electron chi connectivity index (χ0n) is 10.1. The molecule has 0 atom stereocenters. The van der Waals surface area contributed by atoms with E-state index in [2.05, 4.69) is 17.5 Å². The molecule has 1 nitrogen and oxygen atoms in total. The molecule has 0 bridgehead atoms. The molecule has 0 saturated heterocycles. The molecule has 2 heterocycles. The van der Waals surface area contributed by atoms with Gasteiger partial charge in [0.05, 0.1) is 4.70 Å². The lowest BCUT2D eigenvalue weighted by Gasteiger charge is -1.96. The Balaban J connectivity index is 0.000000442. The lowest BCUT2D eigenvalue weighted by Crippen LogP contribution is -1.88. The first-order chi connectivity index (χ1) is 7.29. The molecule has 0 spiro atoms. The largest absolute Gasteiger partial charge is 0.341 e. The third-order valence-corrected chi connectivity index (χ3v) is 3.25. The highest BCUT2D eigenvalue weighted by atomic mass is 32.1. The highest BCUT2D eigenvalue weighted by molar-refractivity contribution is 7.71. The molecule has 0 aliphatic heterocycles. The summed E-state index contributed by atoms with van der Waals surface area (Å²) >= 11 is 6.93. The Kier molecular flexibility index (Phi) is 7.26. The fraction of sp³-hybridized carbons (Fsp3) is 0.417. The fourth-order valence-corrected chi connectivity index (χ4v) is 2.23. The summed E-state index contributed by atoms with van der Waals surface area (Å²) in [7, 11) is 1.97. The highest BCUT2D eigenvalue weighted by Crippen LogP contribution is 2.20. The molecule has 0 radical (unpaired) electrons. The van der Waals surface area contributed by atoms with Gasteiger partial charge in [0.15, 0.2) is 0 Å². The van der Waals surface area contributed by atoms with E-state index in [-0.39, 0.29) is 0 Å². The summed E-state index contributed by atoms with van der Waals surface area (Å²) < 4.78 is 4.11. The van der Waals surface area contributed by atoms with Crippen LogP contribution < -0.4 is 0 Å². The number of nitrogens with zero attached hydrogens (tertiary/aromatic N) is 1. The molecular weight excluding hydrogens is 222 g/mol. The zero-order valence-corrected chi connectivity index (χ0v) is 11.7. The second-order valence-corrected chi connectivity index (χ2v) is 3.74. The zero-order chi connectivity index (χ0) is 11.8. The number of hydrogen-bond donors (Lipinski definition) is 0. The maximum atomic E-state index is 5.22. The molecule has 0 aliphatic carbocycles. The summed E-state index contributed by atoms with van der Waals surface area (Å²) in [4.78, 5) is 0. The Hall–Kier alpha value is -0.670. The molecule has 2 rings (SSSR count). The molecule has 84 valence electrons. The molecular formula is C12H19NS2. The molecule has 3 heteroatoms. The molecule has 0 fully saturated rings. The average Bonchev–Trinajstić information content (AvgIpc) is 2.78. The molecule has 15 heavy (non-hydrogen) atoms. The van der Waals surface area contributed by atoms with Gasteiger partial charge in [0.2, 0.25) is 0 Å². The van der Waals surface area contributed by atoms with Crippen molar-refractivity contribution in [2.45, 2.75) is 27.7 Å². The third-order valence-electron chi connectivity index (χ3n) is 1.69. The van der Waals surface area contributed by atoms with E-state index in [1.54, 1.807) is 11.3 Å². The van der Waals surface area contributed by atoms with Crippen LogP contribution in [0.2, 0.25) is 0 Å². The first-order valence-electron chi connectivity index (χ1n) is 5.32. The molecule has 0 amide bonds. The van der Waals surface area contributed by atoms with Crippen LogP contribution in [0.3, 0.4) is 0 Å². The lowest BCUT2D eigenvalue weighted by molar-refractivity contribution is 0.901. The van der Waals surface area contributed by atoms with Gasteiger partial charge < -0.3 is 4.57 Å². The molecule has 2 aromatic rings. The van der Waals surface area contributed by atoms with Crippen LogP contribution in [0.25, 0.3) is 10.1 Å². The van der Waals surface area contributed by atoms with Crippen molar-refractivity contribution >= 4 is 33.6 Å². The van der Waals surface area contributed by atoms with Crippen LogP contribution in [0.4, 0.5) is 0 Å². The molecule has 0 N–H and O–H groups in total. The molecule has 0 aliphatic rings. The normalized spacial score (nSPS) is 8.60. The van der Waals surface area contributed by atoms with E-state index in [0.717, 1.165) is 4.64 Å². The number of aromatic nitrogens is 1. The summed E-state index contributed by atoms with van der Waals surface area (Å²) in [5.74, 6) is 0. The Morgan fingerprint density at radius 3 is 2.33 bits per heavy atom. The van der Waals surface area contributed by atoms with E-state index in [4.69, 9.17) is 12.2 Å². The van der Waals surface area contributed by atoms with Gasteiger partial charge in [-0.05, 0) is 22.9 Å². The van der Waals surface area contributed by atoms with Crippen molar-refractivity contribution in [3.8, 4) is 0 Å².